The number of nitrogens with one attached hydrogen (secondary N) is 2. The van der Waals surface area contributed by atoms with Gasteiger partial charge in [-0.1, -0.05) is 13.3 Å². The van der Waals surface area contributed by atoms with Crippen molar-refractivity contribution in [2.24, 2.45) is 7.05 Å². The van der Waals surface area contributed by atoms with E-state index in [-0.39, 0.29) is 17.7 Å². The molecule has 1 saturated heterocycles. The van der Waals surface area contributed by atoms with Gasteiger partial charge in [0, 0.05) is 19.2 Å². The Hall–Kier alpha value is -3.63. The largest absolute Gasteiger partial charge is 0.466 e. The van der Waals surface area contributed by atoms with Crippen LogP contribution >= 0.6 is 0 Å². The van der Waals surface area contributed by atoms with Crippen molar-refractivity contribution in [1.29, 1.82) is 0 Å². The molecule has 0 aliphatic carbocycles. The number of rotatable bonds is 6. The molecule has 11 nitrogen and oxygen atoms in total. The minimum atomic E-state index is -1.27. The highest BCUT2D eigenvalue weighted by molar-refractivity contribution is 6.07. The molecule has 1 unspecified atom stereocenters. The van der Waals surface area contributed by atoms with Crippen LogP contribution in [0.25, 0.3) is 11.2 Å². The highest BCUT2D eigenvalue weighted by Gasteiger charge is 2.50. The van der Waals surface area contributed by atoms with E-state index in [2.05, 4.69) is 15.3 Å². The van der Waals surface area contributed by atoms with Crippen molar-refractivity contribution < 1.29 is 14.0 Å². The number of nitrogens with zero attached hydrogens (tertiary/aromatic N) is 4. The highest BCUT2D eigenvalue weighted by atomic mass is 16.3. The molecule has 11 heteroatoms. The number of unbranched alkanes of at least 4 members (excludes halogenated alkanes) is 1. The summed E-state index contributed by atoms with van der Waals surface area (Å²) >= 11 is 0. The first kappa shape index (κ1) is 21.6. The molecule has 0 radical (unpaired) electrons. The molecule has 3 aromatic rings. The Morgan fingerprint density at radius 2 is 1.91 bits per heavy atom. The summed E-state index contributed by atoms with van der Waals surface area (Å²) in [5, 5.41) is 2.75. The van der Waals surface area contributed by atoms with E-state index >= 15 is 0 Å². The highest BCUT2D eigenvalue weighted by Crippen LogP contribution is 2.33. The maximum Gasteiger partial charge on any atom is 0.330 e. The van der Waals surface area contributed by atoms with E-state index in [0.29, 0.717) is 29.5 Å². The number of H-pyrrole nitrogens is 1. The normalized spacial score (nSPS) is 18.7. The number of aromatic amines is 1. The van der Waals surface area contributed by atoms with E-state index in [1.165, 1.54) is 9.13 Å². The van der Waals surface area contributed by atoms with Crippen LogP contribution in [0.2, 0.25) is 0 Å². The third kappa shape index (κ3) is 3.15. The Morgan fingerprint density at radius 1 is 1.19 bits per heavy atom. The van der Waals surface area contributed by atoms with Gasteiger partial charge in [-0.15, -0.1) is 0 Å². The number of aryl methyl sites for hydroxylation is 4. The topological polar surface area (TPSA) is 135 Å². The van der Waals surface area contributed by atoms with Crippen LogP contribution in [0.1, 0.15) is 49.6 Å². The first-order valence-electron chi connectivity index (χ1n) is 10.5. The Morgan fingerprint density at radius 3 is 2.53 bits per heavy atom. The molecule has 0 bridgehead atoms. The van der Waals surface area contributed by atoms with Crippen LogP contribution in [0.5, 0.6) is 0 Å². The third-order valence-corrected chi connectivity index (χ3v) is 6.00. The Balaban J connectivity index is 1.74. The molecule has 1 aliphatic heterocycles. The monoisotopic (exact) mass is 442 g/mol. The maximum absolute atomic E-state index is 13.3. The predicted octanol–water partition coefficient (Wildman–Crippen LogP) is 1.40. The van der Waals surface area contributed by atoms with Crippen LogP contribution < -0.4 is 16.6 Å². The minimum absolute atomic E-state index is 0.150. The number of furan rings is 1. The van der Waals surface area contributed by atoms with Gasteiger partial charge in [0.1, 0.15) is 22.9 Å². The number of hydrogen-bond acceptors (Lipinski definition) is 6. The Bertz CT molecular complexity index is 1360. The summed E-state index contributed by atoms with van der Waals surface area (Å²) in [6.45, 7) is 7.39. The molecule has 4 rings (SSSR count). The van der Waals surface area contributed by atoms with Crippen LogP contribution in [0.4, 0.5) is 4.79 Å². The summed E-state index contributed by atoms with van der Waals surface area (Å²) in [4.78, 5) is 58.7. The number of imidazole rings is 1. The van der Waals surface area contributed by atoms with Crippen molar-refractivity contribution in [3.8, 4) is 0 Å². The lowest BCUT2D eigenvalue weighted by atomic mass is 9.92. The van der Waals surface area contributed by atoms with Gasteiger partial charge in [-0.3, -0.25) is 24.0 Å². The van der Waals surface area contributed by atoms with Crippen molar-refractivity contribution in [3.63, 3.8) is 0 Å². The van der Waals surface area contributed by atoms with E-state index in [9.17, 15) is 19.2 Å². The SMILES string of the molecule is CCCCn1c(=O)[nH]c(=O)c2c1nc(CN1C(=O)NC(C)(c3cc(C)oc3C)C1=O)n2C. The number of aromatic nitrogens is 4. The van der Waals surface area contributed by atoms with Crippen LogP contribution in [0.15, 0.2) is 20.1 Å². The molecular formula is C21H26N6O5. The minimum Gasteiger partial charge on any atom is -0.466 e. The summed E-state index contributed by atoms with van der Waals surface area (Å²) in [5.41, 5.74) is -1.33. The average Bonchev–Trinajstić information content (AvgIpc) is 3.30. The summed E-state index contributed by atoms with van der Waals surface area (Å²) in [5.74, 6) is 1.05. The summed E-state index contributed by atoms with van der Waals surface area (Å²) in [6, 6.07) is 1.16. The molecule has 3 aromatic heterocycles. The van der Waals surface area contributed by atoms with Crippen LogP contribution in [-0.4, -0.2) is 35.9 Å². The molecule has 4 heterocycles. The zero-order chi connectivity index (χ0) is 23.4. The zero-order valence-corrected chi connectivity index (χ0v) is 18.7. The number of imide groups is 1. The lowest BCUT2D eigenvalue weighted by Gasteiger charge is -2.21. The Kier molecular flexibility index (Phi) is 5.06. The summed E-state index contributed by atoms with van der Waals surface area (Å²) < 4.78 is 8.48. The van der Waals surface area contributed by atoms with E-state index in [1.54, 1.807) is 33.9 Å². The predicted molar refractivity (Wildman–Crippen MR) is 115 cm³/mol. The second kappa shape index (κ2) is 7.50. The molecule has 170 valence electrons. The van der Waals surface area contributed by atoms with Crippen molar-refractivity contribution >= 4 is 23.1 Å². The van der Waals surface area contributed by atoms with E-state index in [0.717, 1.165) is 17.7 Å². The van der Waals surface area contributed by atoms with Gasteiger partial charge in [-0.05, 0) is 33.3 Å². The van der Waals surface area contributed by atoms with Crippen LogP contribution in [-0.2, 0) is 30.5 Å². The number of hydrogen-bond donors (Lipinski definition) is 2. The molecule has 1 atom stereocenters. The maximum atomic E-state index is 13.3. The molecule has 0 saturated carbocycles. The summed E-state index contributed by atoms with van der Waals surface area (Å²) in [6.07, 6.45) is 1.60. The van der Waals surface area contributed by atoms with Gasteiger partial charge in [0.2, 0.25) is 0 Å². The molecule has 0 spiro atoms. The average molecular weight is 442 g/mol. The van der Waals surface area contributed by atoms with Gasteiger partial charge >= 0.3 is 11.7 Å². The first-order valence-corrected chi connectivity index (χ1v) is 10.5. The Labute approximate surface area is 183 Å². The molecule has 1 aliphatic rings. The number of carbonyl (C=O) groups is 2. The lowest BCUT2D eigenvalue weighted by Crippen LogP contribution is -2.41. The molecule has 2 N–H and O–H groups in total. The van der Waals surface area contributed by atoms with Gasteiger partial charge in [0.25, 0.3) is 11.5 Å². The van der Waals surface area contributed by atoms with Crippen molar-refractivity contribution in [2.45, 2.75) is 59.2 Å². The van der Waals surface area contributed by atoms with E-state index in [4.69, 9.17) is 4.42 Å². The molecule has 32 heavy (non-hydrogen) atoms. The van der Waals surface area contributed by atoms with Gasteiger partial charge in [0.15, 0.2) is 11.2 Å². The second-order valence-electron chi connectivity index (χ2n) is 8.30. The number of urea groups is 1. The fraction of sp³-hybridized carbons (Fsp3) is 0.476. The molecular weight excluding hydrogens is 416 g/mol. The molecule has 1 fully saturated rings. The fourth-order valence-corrected chi connectivity index (χ4v) is 4.25. The first-order chi connectivity index (χ1) is 15.1. The zero-order valence-electron chi connectivity index (χ0n) is 18.7. The van der Waals surface area contributed by atoms with Gasteiger partial charge in [-0.25, -0.2) is 14.6 Å². The standard InChI is InChI=1S/C21H26N6O5/c1-6-7-8-26-16-15(17(28)23-19(26)30)25(5)14(22-16)10-27-18(29)21(4,24-20(27)31)13-9-11(2)32-12(13)3/h9H,6-8,10H2,1-5H3,(H,24,31)(H,23,28,30). The smallest absolute Gasteiger partial charge is 0.330 e. The van der Waals surface area contributed by atoms with Crippen molar-refractivity contribution in [2.75, 3.05) is 0 Å². The van der Waals surface area contributed by atoms with Crippen LogP contribution in [0.3, 0.4) is 0 Å². The number of carbonyl (C=O) groups excluding carboxylic acids is 2. The number of amides is 3. The third-order valence-electron chi connectivity index (χ3n) is 6.00. The van der Waals surface area contributed by atoms with E-state index in [1.807, 2.05) is 6.92 Å². The van der Waals surface area contributed by atoms with Crippen molar-refractivity contribution in [3.05, 3.63) is 49.8 Å². The van der Waals surface area contributed by atoms with Gasteiger partial charge < -0.3 is 14.3 Å². The lowest BCUT2D eigenvalue weighted by molar-refractivity contribution is -0.131. The molecule has 0 aromatic carbocycles. The van der Waals surface area contributed by atoms with Gasteiger partial charge in [-0.2, -0.15) is 0 Å². The van der Waals surface area contributed by atoms with Gasteiger partial charge in [0.05, 0.1) is 6.54 Å². The number of fused-ring (bicyclic) bond motifs is 1. The van der Waals surface area contributed by atoms with Crippen molar-refractivity contribution in [1.82, 2.24) is 29.3 Å². The fourth-order valence-electron chi connectivity index (χ4n) is 4.25. The van der Waals surface area contributed by atoms with E-state index < -0.39 is 28.7 Å². The van der Waals surface area contributed by atoms with Crippen LogP contribution in [0, 0.1) is 13.8 Å². The molecule has 3 amide bonds. The summed E-state index contributed by atoms with van der Waals surface area (Å²) in [7, 11) is 1.62. The quantitative estimate of drug-likeness (QED) is 0.554. The second-order valence-corrected chi connectivity index (χ2v) is 8.30.